The lowest BCUT2D eigenvalue weighted by Crippen LogP contribution is -2.49. The van der Waals surface area contributed by atoms with Crippen molar-refractivity contribution in [2.24, 2.45) is 0 Å². The molecule has 1 aliphatic heterocycles. The van der Waals surface area contributed by atoms with Gasteiger partial charge in [0, 0.05) is 38.8 Å². The fraction of sp³-hybridized carbons (Fsp3) is 0.588. The van der Waals surface area contributed by atoms with E-state index < -0.39 is 5.82 Å². The van der Waals surface area contributed by atoms with E-state index in [0.29, 0.717) is 0 Å². The van der Waals surface area contributed by atoms with E-state index in [2.05, 4.69) is 9.80 Å². The van der Waals surface area contributed by atoms with Crippen molar-refractivity contribution in [3.63, 3.8) is 0 Å². The highest BCUT2D eigenvalue weighted by atomic mass is 19.1. The average Bonchev–Trinajstić information content (AvgIpc) is 3.04. The first-order valence-electron chi connectivity index (χ1n) is 7.91. The third-order valence-corrected chi connectivity index (χ3v) is 4.81. The Hall–Kier alpha value is -1.44. The number of piperazine rings is 1. The van der Waals surface area contributed by atoms with Gasteiger partial charge in [0.2, 0.25) is 0 Å². The summed E-state index contributed by atoms with van der Waals surface area (Å²) in [7, 11) is 0. The van der Waals surface area contributed by atoms with Crippen LogP contribution in [0.15, 0.2) is 18.2 Å². The van der Waals surface area contributed by atoms with Gasteiger partial charge in [0.15, 0.2) is 0 Å². The number of benzene rings is 1. The van der Waals surface area contributed by atoms with E-state index in [1.165, 1.54) is 31.7 Å². The molecule has 1 aliphatic carbocycles. The molecule has 3 rings (SSSR count). The zero-order valence-corrected chi connectivity index (χ0v) is 12.4. The van der Waals surface area contributed by atoms with Gasteiger partial charge in [0.1, 0.15) is 11.9 Å². The van der Waals surface area contributed by atoms with Gasteiger partial charge in [-0.2, -0.15) is 5.26 Å². The third-order valence-electron chi connectivity index (χ3n) is 4.81. The second-order valence-electron chi connectivity index (χ2n) is 6.18. The van der Waals surface area contributed by atoms with Gasteiger partial charge in [0.25, 0.3) is 0 Å². The van der Waals surface area contributed by atoms with E-state index in [0.717, 1.165) is 44.3 Å². The molecular formula is C17H22FN3. The molecule has 4 heteroatoms. The van der Waals surface area contributed by atoms with Crippen molar-refractivity contribution in [3.05, 3.63) is 35.1 Å². The molecule has 0 atom stereocenters. The van der Waals surface area contributed by atoms with Gasteiger partial charge in [-0.25, -0.2) is 4.39 Å². The zero-order chi connectivity index (χ0) is 14.7. The van der Waals surface area contributed by atoms with Gasteiger partial charge in [0.05, 0.1) is 5.56 Å². The van der Waals surface area contributed by atoms with Crippen LogP contribution in [-0.4, -0.2) is 42.0 Å². The minimum atomic E-state index is -0.424. The lowest BCUT2D eigenvalue weighted by atomic mass is 10.1. The maximum absolute atomic E-state index is 13.3. The molecule has 2 fully saturated rings. The van der Waals surface area contributed by atoms with Crippen LogP contribution in [0.25, 0.3) is 0 Å². The predicted octanol–water partition coefficient (Wildman–Crippen LogP) is 2.76. The molecule has 1 aromatic carbocycles. The lowest BCUT2D eigenvalue weighted by Gasteiger charge is -2.38. The molecule has 0 N–H and O–H groups in total. The van der Waals surface area contributed by atoms with Crippen LogP contribution in [0.1, 0.15) is 36.8 Å². The van der Waals surface area contributed by atoms with Crippen LogP contribution >= 0.6 is 0 Å². The summed E-state index contributed by atoms with van der Waals surface area (Å²) in [5.74, 6) is -0.424. The smallest absolute Gasteiger partial charge is 0.140 e. The Morgan fingerprint density at radius 2 is 1.86 bits per heavy atom. The topological polar surface area (TPSA) is 30.3 Å². The SMILES string of the molecule is N#Cc1cc(CN2CCN(C3CCCC3)CC2)ccc1F. The van der Waals surface area contributed by atoms with Crippen molar-refractivity contribution in [2.45, 2.75) is 38.3 Å². The first kappa shape index (κ1) is 14.5. The number of hydrogen-bond donors (Lipinski definition) is 0. The maximum Gasteiger partial charge on any atom is 0.140 e. The summed E-state index contributed by atoms with van der Waals surface area (Å²) < 4.78 is 13.3. The molecule has 0 unspecified atom stereocenters. The average molecular weight is 287 g/mol. The Morgan fingerprint density at radius 1 is 1.14 bits per heavy atom. The van der Waals surface area contributed by atoms with Crippen molar-refractivity contribution in [1.29, 1.82) is 5.26 Å². The Balaban J connectivity index is 1.54. The molecule has 1 heterocycles. The Morgan fingerprint density at radius 3 is 2.52 bits per heavy atom. The minimum absolute atomic E-state index is 0.150. The monoisotopic (exact) mass is 287 g/mol. The standard InChI is InChI=1S/C17H22FN3/c18-17-6-5-14(11-15(17)12-19)13-20-7-9-21(10-8-20)16-3-1-2-4-16/h5-6,11,16H,1-4,7-10,13H2. The third kappa shape index (κ3) is 3.42. The maximum atomic E-state index is 13.3. The lowest BCUT2D eigenvalue weighted by molar-refractivity contribution is 0.0937. The molecule has 2 aliphatic rings. The second-order valence-corrected chi connectivity index (χ2v) is 6.18. The van der Waals surface area contributed by atoms with E-state index in [1.54, 1.807) is 12.1 Å². The molecule has 1 saturated heterocycles. The summed E-state index contributed by atoms with van der Waals surface area (Å²) in [6.07, 6.45) is 5.50. The summed E-state index contributed by atoms with van der Waals surface area (Å²) in [4.78, 5) is 5.04. The van der Waals surface area contributed by atoms with Crippen LogP contribution in [0.3, 0.4) is 0 Å². The van der Waals surface area contributed by atoms with Crippen LogP contribution in [0.2, 0.25) is 0 Å². The summed E-state index contributed by atoms with van der Waals surface area (Å²) in [6.45, 7) is 5.22. The predicted molar refractivity (Wildman–Crippen MR) is 80.2 cm³/mol. The van der Waals surface area contributed by atoms with Crippen molar-refractivity contribution in [3.8, 4) is 6.07 Å². The fourth-order valence-electron chi connectivity index (χ4n) is 3.57. The van der Waals surface area contributed by atoms with E-state index in [-0.39, 0.29) is 5.56 Å². The van der Waals surface area contributed by atoms with Gasteiger partial charge >= 0.3 is 0 Å². The van der Waals surface area contributed by atoms with E-state index in [1.807, 2.05) is 6.07 Å². The van der Waals surface area contributed by atoms with Crippen molar-refractivity contribution < 1.29 is 4.39 Å². The normalized spacial score (nSPS) is 21.5. The number of nitriles is 1. The highest BCUT2D eigenvalue weighted by Crippen LogP contribution is 2.24. The summed E-state index contributed by atoms with van der Waals surface area (Å²) in [5, 5.41) is 8.89. The zero-order valence-electron chi connectivity index (χ0n) is 12.4. The largest absolute Gasteiger partial charge is 0.298 e. The molecule has 0 radical (unpaired) electrons. The van der Waals surface area contributed by atoms with Gasteiger partial charge in [-0.1, -0.05) is 18.9 Å². The molecule has 1 saturated carbocycles. The van der Waals surface area contributed by atoms with Crippen molar-refractivity contribution in [2.75, 3.05) is 26.2 Å². The first-order valence-corrected chi connectivity index (χ1v) is 7.91. The van der Waals surface area contributed by atoms with E-state index in [4.69, 9.17) is 5.26 Å². The highest BCUT2D eigenvalue weighted by molar-refractivity contribution is 5.34. The first-order chi connectivity index (χ1) is 10.3. The number of rotatable bonds is 3. The van der Waals surface area contributed by atoms with Crippen LogP contribution in [-0.2, 0) is 6.54 Å². The van der Waals surface area contributed by atoms with Gasteiger partial charge < -0.3 is 0 Å². The van der Waals surface area contributed by atoms with Gasteiger partial charge in [-0.05, 0) is 30.5 Å². The number of hydrogen-bond acceptors (Lipinski definition) is 3. The quantitative estimate of drug-likeness (QED) is 0.856. The number of nitrogens with zero attached hydrogens (tertiary/aromatic N) is 3. The summed E-state index contributed by atoms with van der Waals surface area (Å²) >= 11 is 0. The Kier molecular flexibility index (Phi) is 4.52. The molecule has 21 heavy (non-hydrogen) atoms. The molecule has 0 amide bonds. The molecule has 0 aromatic heterocycles. The molecule has 0 spiro atoms. The molecular weight excluding hydrogens is 265 g/mol. The highest BCUT2D eigenvalue weighted by Gasteiger charge is 2.26. The van der Waals surface area contributed by atoms with Crippen LogP contribution in [0.5, 0.6) is 0 Å². The van der Waals surface area contributed by atoms with Gasteiger partial charge in [-0.3, -0.25) is 9.80 Å². The van der Waals surface area contributed by atoms with Crippen molar-refractivity contribution >= 4 is 0 Å². The van der Waals surface area contributed by atoms with E-state index in [9.17, 15) is 4.39 Å². The number of halogens is 1. The second kappa shape index (κ2) is 6.55. The summed E-state index contributed by atoms with van der Waals surface area (Å²) in [6, 6.07) is 7.60. The van der Waals surface area contributed by atoms with Crippen LogP contribution in [0, 0.1) is 17.1 Å². The fourth-order valence-corrected chi connectivity index (χ4v) is 3.57. The minimum Gasteiger partial charge on any atom is -0.298 e. The van der Waals surface area contributed by atoms with Crippen molar-refractivity contribution in [1.82, 2.24) is 9.80 Å². The van der Waals surface area contributed by atoms with Crippen LogP contribution in [0.4, 0.5) is 4.39 Å². The molecule has 112 valence electrons. The van der Waals surface area contributed by atoms with Gasteiger partial charge in [-0.15, -0.1) is 0 Å². The summed E-state index contributed by atoms with van der Waals surface area (Å²) in [5.41, 5.74) is 1.18. The van der Waals surface area contributed by atoms with Crippen LogP contribution < -0.4 is 0 Å². The van der Waals surface area contributed by atoms with E-state index >= 15 is 0 Å². The Bertz CT molecular complexity index is 523. The molecule has 3 nitrogen and oxygen atoms in total. The molecule has 0 bridgehead atoms. The Labute approximate surface area is 126 Å². The molecule has 1 aromatic rings.